The number of hydrogen-bond acceptors (Lipinski definition) is 2. The second-order valence-electron chi connectivity index (χ2n) is 3.70. The number of nitrogens with zero attached hydrogens (tertiary/aromatic N) is 1. The van der Waals surface area contributed by atoms with Crippen LogP contribution >= 0.6 is 0 Å². The van der Waals surface area contributed by atoms with Crippen molar-refractivity contribution in [1.82, 2.24) is 5.32 Å². The topological polar surface area (TPSA) is 32.3 Å². The molecule has 0 heterocycles. The van der Waals surface area contributed by atoms with E-state index in [4.69, 9.17) is 0 Å². The molecule has 1 aromatic rings. The Morgan fingerprint density at radius 1 is 1.31 bits per heavy atom. The van der Waals surface area contributed by atoms with Crippen LogP contribution in [0.1, 0.15) is 19.4 Å². The van der Waals surface area contributed by atoms with Gasteiger partial charge in [-0.3, -0.25) is 4.79 Å². The van der Waals surface area contributed by atoms with E-state index >= 15 is 0 Å². The zero-order valence-electron chi connectivity index (χ0n) is 10.3. The lowest BCUT2D eigenvalue weighted by Gasteiger charge is -2.23. The molecule has 0 saturated carbocycles. The number of rotatable bonds is 5. The van der Waals surface area contributed by atoms with E-state index in [1.54, 1.807) is 0 Å². The first-order valence-corrected chi connectivity index (χ1v) is 5.77. The van der Waals surface area contributed by atoms with Crippen molar-refractivity contribution < 1.29 is 4.79 Å². The van der Waals surface area contributed by atoms with Crippen LogP contribution in [0.5, 0.6) is 0 Å². The van der Waals surface area contributed by atoms with Crippen molar-refractivity contribution in [3.05, 3.63) is 29.8 Å². The predicted molar refractivity (Wildman–Crippen MR) is 67.7 cm³/mol. The summed E-state index contributed by atoms with van der Waals surface area (Å²) in [6.07, 6.45) is 0. The Morgan fingerprint density at radius 2 is 2.00 bits per heavy atom. The number of amides is 1. The smallest absolute Gasteiger partial charge is 0.240 e. The summed E-state index contributed by atoms with van der Waals surface area (Å²) in [5, 5.41) is 3.06. The van der Waals surface area contributed by atoms with E-state index < -0.39 is 0 Å². The van der Waals surface area contributed by atoms with E-state index in [0.717, 1.165) is 17.8 Å². The fraction of sp³-hybridized carbons (Fsp3) is 0.462. The van der Waals surface area contributed by atoms with Gasteiger partial charge in [0, 0.05) is 12.2 Å². The number of likely N-dealkylation sites (N-methyl/N-ethyl adjacent to an activating group) is 2. The molecule has 0 radical (unpaired) electrons. The van der Waals surface area contributed by atoms with Crippen LogP contribution in [-0.2, 0) is 4.79 Å². The standard InChI is InChI=1S/C13H20N2O/c1-4-14-10-13(16)15(5-2)12-9-7-6-8-11(12)3/h6-9,14H,4-5,10H2,1-3H3. The lowest BCUT2D eigenvalue weighted by Crippen LogP contribution is -2.38. The Bertz CT molecular complexity index is 350. The number of carbonyl (C=O) groups is 1. The fourth-order valence-electron chi connectivity index (χ4n) is 1.67. The van der Waals surface area contributed by atoms with Gasteiger partial charge in [0.1, 0.15) is 0 Å². The van der Waals surface area contributed by atoms with Gasteiger partial charge >= 0.3 is 0 Å². The molecule has 0 aliphatic carbocycles. The largest absolute Gasteiger partial charge is 0.311 e. The summed E-state index contributed by atoms with van der Waals surface area (Å²) in [6, 6.07) is 7.97. The molecule has 0 saturated heterocycles. The third-order valence-corrected chi connectivity index (χ3v) is 2.55. The maximum absolute atomic E-state index is 11.9. The number of aryl methyl sites for hydroxylation is 1. The molecule has 1 amide bonds. The lowest BCUT2D eigenvalue weighted by molar-refractivity contribution is -0.117. The molecular weight excluding hydrogens is 200 g/mol. The van der Waals surface area contributed by atoms with Crippen molar-refractivity contribution in [2.75, 3.05) is 24.5 Å². The van der Waals surface area contributed by atoms with Crippen LogP contribution in [0, 0.1) is 6.92 Å². The van der Waals surface area contributed by atoms with Gasteiger partial charge in [-0.1, -0.05) is 25.1 Å². The quantitative estimate of drug-likeness (QED) is 0.822. The minimum atomic E-state index is 0.124. The van der Waals surface area contributed by atoms with Gasteiger partial charge in [-0.15, -0.1) is 0 Å². The minimum Gasteiger partial charge on any atom is -0.311 e. The second-order valence-corrected chi connectivity index (χ2v) is 3.70. The summed E-state index contributed by atoms with van der Waals surface area (Å²) in [5.41, 5.74) is 2.14. The van der Waals surface area contributed by atoms with Gasteiger partial charge in [-0.05, 0) is 32.0 Å². The second kappa shape index (κ2) is 6.28. The van der Waals surface area contributed by atoms with E-state index in [1.165, 1.54) is 0 Å². The van der Waals surface area contributed by atoms with Crippen molar-refractivity contribution in [3.8, 4) is 0 Å². The van der Waals surface area contributed by atoms with E-state index in [9.17, 15) is 4.79 Å². The molecule has 0 bridgehead atoms. The Hall–Kier alpha value is -1.35. The fourth-order valence-corrected chi connectivity index (χ4v) is 1.67. The molecule has 88 valence electrons. The van der Waals surface area contributed by atoms with E-state index in [0.29, 0.717) is 13.1 Å². The third kappa shape index (κ3) is 3.07. The number of carbonyl (C=O) groups excluding carboxylic acids is 1. The van der Waals surface area contributed by atoms with Gasteiger partial charge in [0.05, 0.1) is 6.54 Å². The number of para-hydroxylation sites is 1. The van der Waals surface area contributed by atoms with Gasteiger partial charge in [0.15, 0.2) is 0 Å². The Balaban J connectivity index is 2.82. The van der Waals surface area contributed by atoms with Crippen molar-refractivity contribution >= 4 is 11.6 Å². The van der Waals surface area contributed by atoms with Gasteiger partial charge in [-0.2, -0.15) is 0 Å². The van der Waals surface area contributed by atoms with Crippen LogP contribution in [0.15, 0.2) is 24.3 Å². The van der Waals surface area contributed by atoms with Gasteiger partial charge in [-0.25, -0.2) is 0 Å². The molecule has 0 unspecified atom stereocenters. The van der Waals surface area contributed by atoms with Gasteiger partial charge in [0.25, 0.3) is 0 Å². The maximum Gasteiger partial charge on any atom is 0.240 e. The van der Waals surface area contributed by atoms with E-state index in [1.807, 2.05) is 49.9 Å². The average molecular weight is 220 g/mol. The molecule has 0 fully saturated rings. The highest BCUT2D eigenvalue weighted by molar-refractivity contribution is 5.95. The monoisotopic (exact) mass is 220 g/mol. The minimum absolute atomic E-state index is 0.124. The highest BCUT2D eigenvalue weighted by atomic mass is 16.2. The van der Waals surface area contributed by atoms with Crippen LogP contribution in [0.25, 0.3) is 0 Å². The van der Waals surface area contributed by atoms with Crippen molar-refractivity contribution in [3.63, 3.8) is 0 Å². The lowest BCUT2D eigenvalue weighted by atomic mass is 10.2. The maximum atomic E-state index is 11.9. The number of benzene rings is 1. The summed E-state index contributed by atoms with van der Waals surface area (Å²) >= 11 is 0. The summed E-state index contributed by atoms with van der Waals surface area (Å²) in [7, 11) is 0. The van der Waals surface area contributed by atoms with E-state index in [-0.39, 0.29) is 5.91 Å². The highest BCUT2D eigenvalue weighted by Gasteiger charge is 2.14. The molecule has 0 aliphatic rings. The summed E-state index contributed by atoms with van der Waals surface area (Å²) < 4.78 is 0. The van der Waals surface area contributed by atoms with Gasteiger partial charge < -0.3 is 10.2 Å². The van der Waals surface area contributed by atoms with Crippen molar-refractivity contribution in [1.29, 1.82) is 0 Å². The zero-order chi connectivity index (χ0) is 12.0. The van der Waals surface area contributed by atoms with Crippen LogP contribution in [0.2, 0.25) is 0 Å². The van der Waals surface area contributed by atoms with Crippen LogP contribution < -0.4 is 10.2 Å². The molecule has 0 spiro atoms. The number of anilines is 1. The normalized spacial score (nSPS) is 10.2. The van der Waals surface area contributed by atoms with E-state index in [2.05, 4.69) is 5.32 Å². The van der Waals surface area contributed by atoms with Crippen LogP contribution in [0.3, 0.4) is 0 Å². The third-order valence-electron chi connectivity index (χ3n) is 2.55. The summed E-state index contributed by atoms with van der Waals surface area (Å²) in [5.74, 6) is 0.124. The number of nitrogens with one attached hydrogen (secondary N) is 1. The first kappa shape index (κ1) is 12.7. The molecule has 0 aliphatic heterocycles. The van der Waals surface area contributed by atoms with Crippen LogP contribution in [-0.4, -0.2) is 25.5 Å². The Morgan fingerprint density at radius 3 is 2.56 bits per heavy atom. The first-order valence-electron chi connectivity index (χ1n) is 5.77. The van der Waals surface area contributed by atoms with Crippen LogP contribution in [0.4, 0.5) is 5.69 Å². The predicted octanol–water partition coefficient (Wildman–Crippen LogP) is 1.96. The molecule has 16 heavy (non-hydrogen) atoms. The molecule has 1 rings (SSSR count). The summed E-state index contributed by atoms with van der Waals surface area (Å²) in [6.45, 7) is 7.94. The molecule has 3 heteroatoms. The molecular formula is C13H20N2O. The Kier molecular flexibility index (Phi) is 4.99. The molecule has 1 aromatic carbocycles. The van der Waals surface area contributed by atoms with Crippen molar-refractivity contribution in [2.24, 2.45) is 0 Å². The first-order chi connectivity index (χ1) is 7.70. The highest BCUT2D eigenvalue weighted by Crippen LogP contribution is 2.18. The molecule has 1 N–H and O–H groups in total. The summed E-state index contributed by atoms with van der Waals surface area (Å²) in [4.78, 5) is 13.8. The average Bonchev–Trinajstić information content (AvgIpc) is 2.30. The Labute approximate surface area is 97.5 Å². The molecule has 0 aromatic heterocycles. The molecule has 3 nitrogen and oxygen atoms in total. The number of hydrogen-bond donors (Lipinski definition) is 1. The molecule has 0 atom stereocenters. The van der Waals surface area contributed by atoms with Crippen molar-refractivity contribution in [2.45, 2.75) is 20.8 Å². The SMILES string of the molecule is CCNCC(=O)N(CC)c1ccccc1C. The zero-order valence-corrected chi connectivity index (χ0v) is 10.3. The van der Waals surface area contributed by atoms with Gasteiger partial charge in [0.2, 0.25) is 5.91 Å².